The molecule has 208 valence electrons. The minimum Gasteiger partial charge on any atom is -0.352 e. The number of hydrogen-bond acceptors (Lipinski definition) is 4. The van der Waals surface area contributed by atoms with Crippen molar-refractivity contribution >= 4 is 39.1 Å². The lowest BCUT2D eigenvalue weighted by Gasteiger charge is -2.33. The lowest BCUT2D eigenvalue weighted by atomic mass is 10.1. The molecule has 0 aliphatic heterocycles. The van der Waals surface area contributed by atoms with E-state index in [4.69, 9.17) is 11.6 Å². The second-order valence-electron chi connectivity index (χ2n) is 9.75. The van der Waals surface area contributed by atoms with Gasteiger partial charge in [-0.3, -0.25) is 13.9 Å². The predicted octanol–water partition coefficient (Wildman–Crippen LogP) is 5.48. The maximum atomic E-state index is 14.0. The van der Waals surface area contributed by atoms with Gasteiger partial charge in [0, 0.05) is 17.6 Å². The summed E-state index contributed by atoms with van der Waals surface area (Å²) in [6.45, 7) is 8.81. The van der Waals surface area contributed by atoms with Gasteiger partial charge in [-0.1, -0.05) is 66.6 Å². The number of benzene rings is 3. The number of hydrogen-bond donors (Lipinski definition) is 1. The first-order chi connectivity index (χ1) is 18.4. The summed E-state index contributed by atoms with van der Waals surface area (Å²) >= 11 is 6.05. The largest absolute Gasteiger partial charge is 0.352 e. The lowest BCUT2D eigenvalue weighted by molar-refractivity contribution is -0.139. The summed E-state index contributed by atoms with van der Waals surface area (Å²) in [6.07, 6.45) is 0.736. The topological polar surface area (TPSA) is 86.8 Å². The van der Waals surface area contributed by atoms with E-state index < -0.39 is 28.5 Å². The number of sulfonamides is 1. The number of amides is 2. The number of aryl methyl sites for hydroxylation is 2. The molecule has 0 aliphatic carbocycles. The molecule has 0 fully saturated rings. The number of halogens is 1. The first kappa shape index (κ1) is 30.2. The van der Waals surface area contributed by atoms with Crippen molar-refractivity contribution in [3.63, 3.8) is 0 Å². The van der Waals surface area contributed by atoms with Gasteiger partial charge in [0.1, 0.15) is 12.6 Å². The number of nitrogens with one attached hydrogen (secondary N) is 1. The zero-order valence-corrected chi connectivity index (χ0v) is 24.6. The molecular weight excluding hydrogens is 534 g/mol. The van der Waals surface area contributed by atoms with Crippen molar-refractivity contribution in [2.24, 2.45) is 0 Å². The third-order valence-corrected chi connectivity index (χ3v) is 8.73. The summed E-state index contributed by atoms with van der Waals surface area (Å²) in [7, 11) is -4.10. The molecule has 0 saturated heterocycles. The van der Waals surface area contributed by atoms with E-state index in [0.29, 0.717) is 16.3 Å². The molecule has 0 aromatic heterocycles. The molecule has 0 spiro atoms. The van der Waals surface area contributed by atoms with Crippen LogP contribution in [0.15, 0.2) is 77.7 Å². The highest BCUT2D eigenvalue weighted by atomic mass is 35.5. The number of carbonyl (C=O) groups is 2. The molecule has 9 heteroatoms. The number of carbonyl (C=O) groups excluding carboxylic acids is 2. The van der Waals surface area contributed by atoms with Crippen LogP contribution < -0.4 is 9.62 Å². The van der Waals surface area contributed by atoms with E-state index in [0.717, 1.165) is 21.9 Å². The molecule has 0 unspecified atom stereocenters. The highest BCUT2D eigenvalue weighted by Crippen LogP contribution is 2.27. The Labute approximate surface area is 236 Å². The third kappa shape index (κ3) is 7.61. The Morgan fingerprint density at radius 1 is 0.923 bits per heavy atom. The molecule has 3 rings (SSSR count). The van der Waals surface area contributed by atoms with Crippen LogP contribution >= 0.6 is 11.6 Å². The Kier molecular flexibility index (Phi) is 10.2. The Bertz CT molecular complexity index is 1390. The first-order valence-electron chi connectivity index (χ1n) is 12.9. The second kappa shape index (κ2) is 13.1. The summed E-state index contributed by atoms with van der Waals surface area (Å²) in [5, 5.41) is 3.48. The molecule has 0 aliphatic rings. The standard InChI is InChI=1S/C30H36ClN3O4S/c1-6-23(4)32-30(36)24(5)33(19-25-13-15-26(31)16-14-25)29(35)20-34(28-10-8-7-9-22(28)3)39(37,38)27-17-11-21(2)12-18-27/h7-18,23-24H,6,19-20H2,1-5H3,(H,32,36)/t23-,24+/m1/s1. The van der Waals surface area contributed by atoms with E-state index in [-0.39, 0.29) is 23.4 Å². The SMILES string of the molecule is CC[C@@H](C)NC(=O)[C@H](C)N(Cc1ccc(Cl)cc1)C(=O)CN(c1ccccc1C)S(=O)(=O)c1ccc(C)cc1. The Morgan fingerprint density at radius 3 is 2.13 bits per heavy atom. The van der Waals surface area contributed by atoms with Gasteiger partial charge in [0.25, 0.3) is 10.0 Å². The summed E-state index contributed by atoms with van der Waals surface area (Å²) in [5.74, 6) is -0.814. The predicted molar refractivity (Wildman–Crippen MR) is 156 cm³/mol. The molecule has 0 radical (unpaired) electrons. The van der Waals surface area contributed by atoms with Gasteiger partial charge in [-0.2, -0.15) is 0 Å². The highest BCUT2D eigenvalue weighted by Gasteiger charge is 2.33. The summed E-state index contributed by atoms with van der Waals surface area (Å²) < 4.78 is 28.9. The van der Waals surface area contributed by atoms with Crippen molar-refractivity contribution in [2.45, 2.75) is 64.6 Å². The third-order valence-electron chi connectivity index (χ3n) is 6.71. The molecule has 0 heterocycles. The fourth-order valence-electron chi connectivity index (χ4n) is 4.03. The monoisotopic (exact) mass is 569 g/mol. The van der Waals surface area contributed by atoms with E-state index in [1.54, 1.807) is 68.4 Å². The molecule has 39 heavy (non-hydrogen) atoms. The van der Waals surface area contributed by atoms with E-state index in [1.807, 2.05) is 26.8 Å². The summed E-state index contributed by atoms with van der Waals surface area (Å²) in [6, 6.07) is 19.6. The summed E-state index contributed by atoms with van der Waals surface area (Å²) in [5.41, 5.74) is 2.78. The summed E-state index contributed by atoms with van der Waals surface area (Å²) in [4.78, 5) is 28.6. The fraction of sp³-hybridized carbons (Fsp3) is 0.333. The van der Waals surface area contributed by atoms with Gasteiger partial charge < -0.3 is 10.2 Å². The quantitative estimate of drug-likeness (QED) is 0.331. The molecule has 0 bridgehead atoms. The number of para-hydroxylation sites is 1. The number of nitrogens with zero attached hydrogens (tertiary/aromatic N) is 2. The molecule has 0 saturated carbocycles. The van der Waals surface area contributed by atoms with Crippen LogP contribution in [0, 0.1) is 13.8 Å². The Balaban J connectivity index is 2.03. The molecular formula is C30H36ClN3O4S. The molecule has 7 nitrogen and oxygen atoms in total. The van der Waals surface area contributed by atoms with Crippen molar-refractivity contribution in [3.05, 3.63) is 94.5 Å². The number of anilines is 1. The first-order valence-corrected chi connectivity index (χ1v) is 14.7. The van der Waals surface area contributed by atoms with Gasteiger partial charge in [-0.25, -0.2) is 8.42 Å². The molecule has 1 N–H and O–H groups in total. The van der Waals surface area contributed by atoms with Gasteiger partial charge in [0.15, 0.2) is 0 Å². The van der Waals surface area contributed by atoms with Gasteiger partial charge in [0.2, 0.25) is 11.8 Å². The van der Waals surface area contributed by atoms with Crippen LogP contribution in [0.4, 0.5) is 5.69 Å². The van der Waals surface area contributed by atoms with E-state index in [9.17, 15) is 18.0 Å². The van der Waals surface area contributed by atoms with Crippen LogP contribution in [0.1, 0.15) is 43.9 Å². The van der Waals surface area contributed by atoms with E-state index in [2.05, 4.69) is 5.32 Å². The van der Waals surface area contributed by atoms with Crippen LogP contribution in [0.5, 0.6) is 0 Å². The smallest absolute Gasteiger partial charge is 0.264 e. The zero-order valence-electron chi connectivity index (χ0n) is 23.0. The van der Waals surface area contributed by atoms with Crippen LogP contribution in [-0.4, -0.2) is 43.8 Å². The van der Waals surface area contributed by atoms with Gasteiger partial charge >= 0.3 is 0 Å². The maximum absolute atomic E-state index is 14.0. The Morgan fingerprint density at radius 2 is 1.54 bits per heavy atom. The van der Waals surface area contributed by atoms with Crippen LogP contribution in [0.3, 0.4) is 0 Å². The molecule has 3 aromatic rings. The van der Waals surface area contributed by atoms with E-state index >= 15 is 0 Å². The minimum atomic E-state index is -4.10. The highest BCUT2D eigenvalue weighted by molar-refractivity contribution is 7.92. The average molecular weight is 570 g/mol. The van der Waals surface area contributed by atoms with Crippen LogP contribution in [0.2, 0.25) is 5.02 Å². The normalized spacial score (nSPS) is 12.9. The van der Waals surface area contributed by atoms with Crippen molar-refractivity contribution in [3.8, 4) is 0 Å². The fourth-order valence-corrected chi connectivity index (χ4v) is 5.63. The zero-order chi connectivity index (χ0) is 28.7. The molecule has 2 atom stereocenters. The Hall–Kier alpha value is -3.36. The second-order valence-corrected chi connectivity index (χ2v) is 12.1. The van der Waals surface area contributed by atoms with Crippen LogP contribution in [-0.2, 0) is 26.2 Å². The van der Waals surface area contributed by atoms with E-state index in [1.165, 1.54) is 17.0 Å². The number of rotatable bonds is 11. The average Bonchev–Trinajstić information content (AvgIpc) is 2.91. The van der Waals surface area contributed by atoms with Gasteiger partial charge in [-0.15, -0.1) is 0 Å². The van der Waals surface area contributed by atoms with Gasteiger partial charge in [-0.05, 0) is 75.6 Å². The van der Waals surface area contributed by atoms with Crippen molar-refractivity contribution in [2.75, 3.05) is 10.8 Å². The van der Waals surface area contributed by atoms with Crippen LogP contribution in [0.25, 0.3) is 0 Å². The van der Waals surface area contributed by atoms with Gasteiger partial charge in [0.05, 0.1) is 10.6 Å². The lowest BCUT2D eigenvalue weighted by Crippen LogP contribution is -2.52. The minimum absolute atomic E-state index is 0.0715. The maximum Gasteiger partial charge on any atom is 0.264 e. The molecule has 2 amide bonds. The van der Waals surface area contributed by atoms with Crippen molar-refractivity contribution in [1.29, 1.82) is 0 Å². The van der Waals surface area contributed by atoms with Crippen molar-refractivity contribution in [1.82, 2.24) is 10.2 Å². The molecule has 3 aromatic carbocycles. The van der Waals surface area contributed by atoms with Crippen molar-refractivity contribution < 1.29 is 18.0 Å².